The van der Waals surface area contributed by atoms with Gasteiger partial charge in [0.1, 0.15) is 0 Å². The highest BCUT2D eigenvalue weighted by molar-refractivity contribution is 8.00. The third-order valence-corrected chi connectivity index (χ3v) is 3.87. The highest BCUT2D eigenvalue weighted by atomic mass is 32.2. The molecule has 3 heteroatoms. The molecule has 0 spiro atoms. The minimum absolute atomic E-state index is 0.257. The third-order valence-electron chi connectivity index (χ3n) is 2.44. The van der Waals surface area contributed by atoms with Gasteiger partial charge in [0.05, 0.1) is 12.7 Å². The second kappa shape index (κ2) is 4.34. The van der Waals surface area contributed by atoms with Crippen molar-refractivity contribution in [3.05, 3.63) is 29.8 Å². The zero-order valence-corrected chi connectivity index (χ0v) is 8.96. The van der Waals surface area contributed by atoms with Crippen LogP contribution in [0.4, 0.5) is 0 Å². The van der Waals surface area contributed by atoms with Crippen molar-refractivity contribution in [3.63, 3.8) is 0 Å². The smallest absolute Gasteiger partial charge is 0.0898 e. The molecule has 0 aliphatic carbocycles. The number of thioether (sulfide) groups is 1. The third kappa shape index (κ3) is 1.95. The van der Waals surface area contributed by atoms with Crippen molar-refractivity contribution in [2.24, 2.45) is 0 Å². The Morgan fingerprint density at radius 2 is 2.36 bits per heavy atom. The zero-order valence-electron chi connectivity index (χ0n) is 8.14. The average molecular weight is 210 g/mol. The Labute approximate surface area is 88.3 Å². The van der Waals surface area contributed by atoms with Gasteiger partial charge < -0.3 is 9.84 Å². The monoisotopic (exact) mass is 210 g/mol. The Kier molecular flexibility index (Phi) is 3.11. The van der Waals surface area contributed by atoms with E-state index in [1.807, 2.05) is 12.1 Å². The lowest BCUT2D eigenvalue weighted by Gasteiger charge is -2.15. The molecule has 76 valence electrons. The fourth-order valence-electron chi connectivity index (χ4n) is 1.70. The van der Waals surface area contributed by atoms with Crippen molar-refractivity contribution >= 4 is 11.8 Å². The van der Waals surface area contributed by atoms with Crippen LogP contribution in [0.25, 0.3) is 0 Å². The Morgan fingerprint density at radius 3 is 3.07 bits per heavy atom. The minimum atomic E-state index is -0.364. The summed E-state index contributed by atoms with van der Waals surface area (Å²) in [6.45, 7) is 0.422. The van der Waals surface area contributed by atoms with Crippen LogP contribution in [-0.4, -0.2) is 30.2 Å². The second-order valence-electron chi connectivity index (χ2n) is 3.49. The van der Waals surface area contributed by atoms with Crippen molar-refractivity contribution in [1.82, 2.24) is 0 Å². The molecule has 2 unspecified atom stereocenters. The van der Waals surface area contributed by atoms with E-state index < -0.39 is 0 Å². The van der Waals surface area contributed by atoms with Crippen molar-refractivity contribution < 1.29 is 9.84 Å². The van der Waals surface area contributed by atoms with Gasteiger partial charge in [-0.05, 0) is 18.1 Å². The van der Waals surface area contributed by atoms with Gasteiger partial charge in [-0.25, -0.2) is 0 Å². The van der Waals surface area contributed by atoms with E-state index in [9.17, 15) is 5.11 Å². The summed E-state index contributed by atoms with van der Waals surface area (Å²) < 4.78 is 4.95. The standard InChI is InChI=1S/C11H14O2S/c1-13-7-9(12)11-6-8-4-2-3-5-10(8)14-11/h2-5,9,11-12H,6-7H2,1H3. The van der Waals surface area contributed by atoms with Gasteiger partial charge in [0.2, 0.25) is 0 Å². The molecule has 0 radical (unpaired) electrons. The largest absolute Gasteiger partial charge is 0.390 e. The maximum absolute atomic E-state index is 9.78. The van der Waals surface area contributed by atoms with E-state index in [4.69, 9.17) is 4.74 Å². The molecule has 0 saturated heterocycles. The highest BCUT2D eigenvalue weighted by Gasteiger charge is 2.27. The van der Waals surface area contributed by atoms with Crippen molar-refractivity contribution in [3.8, 4) is 0 Å². The first kappa shape index (κ1) is 10.0. The van der Waals surface area contributed by atoms with E-state index in [1.165, 1.54) is 10.5 Å². The van der Waals surface area contributed by atoms with Crippen LogP contribution in [0.1, 0.15) is 5.56 Å². The van der Waals surface area contributed by atoms with Gasteiger partial charge in [-0.15, -0.1) is 11.8 Å². The minimum Gasteiger partial charge on any atom is -0.390 e. The van der Waals surface area contributed by atoms with Crippen LogP contribution in [0.15, 0.2) is 29.2 Å². The maximum atomic E-state index is 9.78. The summed E-state index contributed by atoms with van der Waals surface area (Å²) >= 11 is 1.75. The lowest BCUT2D eigenvalue weighted by Crippen LogP contribution is -2.27. The zero-order chi connectivity index (χ0) is 9.97. The average Bonchev–Trinajstić information content (AvgIpc) is 2.61. The lowest BCUT2D eigenvalue weighted by atomic mass is 10.1. The lowest BCUT2D eigenvalue weighted by molar-refractivity contribution is 0.0638. The fourth-order valence-corrected chi connectivity index (χ4v) is 2.99. The van der Waals surface area contributed by atoms with E-state index in [1.54, 1.807) is 18.9 Å². The first-order valence-electron chi connectivity index (χ1n) is 4.73. The maximum Gasteiger partial charge on any atom is 0.0898 e. The number of fused-ring (bicyclic) bond motifs is 1. The van der Waals surface area contributed by atoms with Gasteiger partial charge in [-0.1, -0.05) is 18.2 Å². The molecule has 2 rings (SSSR count). The van der Waals surface area contributed by atoms with Gasteiger partial charge in [0, 0.05) is 17.3 Å². The van der Waals surface area contributed by atoms with Crippen LogP contribution in [0.2, 0.25) is 0 Å². The fraction of sp³-hybridized carbons (Fsp3) is 0.455. The summed E-state index contributed by atoms with van der Waals surface area (Å²) in [7, 11) is 1.62. The number of benzene rings is 1. The Morgan fingerprint density at radius 1 is 1.57 bits per heavy atom. The molecule has 0 fully saturated rings. The molecular formula is C11H14O2S. The van der Waals surface area contributed by atoms with Gasteiger partial charge in [-0.3, -0.25) is 0 Å². The number of aliphatic hydroxyl groups excluding tert-OH is 1. The van der Waals surface area contributed by atoms with Crippen molar-refractivity contribution in [2.75, 3.05) is 13.7 Å². The number of methoxy groups -OCH3 is 1. The van der Waals surface area contributed by atoms with Crippen LogP contribution < -0.4 is 0 Å². The van der Waals surface area contributed by atoms with E-state index in [0.29, 0.717) is 6.61 Å². The first-order valence-corrected chi connectivity index (χ1v) is 5.61. The molecule has 14 heavy (non-hydrogen) atoms. The van der Waals surface area contributed by atoms with Crippen LogP contribution in [-0.2, 0) is 11.2 Å². The summed E-state index contributed by atoms with van der Waals surface area (Å²) in [6.07, 6.45) is 0.586. The van der Waals surface area contributed by atoms with Crippen molar-refractivity contribution in [1.29, 1.82) is 0 Å². The van der Waals surface area contributed by atoms with Crippen LogP contribution in [0.3, 0.4) is 0 Å². The van der Waals surface area contributed by atoms with E-state index in [-0.39, 0.29) is 11.4 Å². The van der Waals surface area contributed by atoms with E-state index in [2.05, 4.69) is 12.1 Å². The van der Waals surface area contributed by atoms with E-state index in [0.717, 1.165) is 6.42 Å². The summed E-state index contributed by atoms with van der Waals surface area (Å²) in [4.78, 5) is 1.30. The molecule has 1 N–H and O–H groups in total. The normalized spacial score (nSPS) is 22.0. The number of hydrogen-bond donors (Lipinski definition) is 1. The molecule has 1 aromatic rings. The summed E-state index contributed by atoms with van der Waals surface area (Å²) in [5, 5.41) is 10.0. The molecule has 0 saturated carbocycles. The van der Waals surface area contributed by atoms with Crippen LogP contribution in [0, 0.1) is 0 Å². The van der Waals surface area contributed by atoms with Crippen LogP contribution in [0.5, 0.6) is 0 Å². The molecule has 1 heterocycles. The molecular weight excluding hydrogens is 196 g/mol. The van der Waals surface area contributed by atoms with Gasteiger partial charge >= 0.3 is 0 Å². The SMILES string of the molecule is COCC(O)C1Cc2ccccc2S1. The van der Waals surface area contributed by atoms with Gasteiger partial charge in [0.15, 0.2) is 0 Å². The first-order chi connectivity index (χ1) is 6.81. The second-order valence-corrected chi connectivity index (χ2v) is 4.77. The molecule has 0 bridgehead atoms. The quantitative estimate of drug-likeness (QED) is 0.823. The van der Waals surface area contributed by atoms with Crippen LogP contribution >= 0.6 is 11.8 Å². The molecule has 1 aliphatic heterocycles. The molecule has 1 aliphatic rings. The topological polar surface area (TPSA) is 29.5 Å². The Hall–Kier alpha value is -0.510. The van der Waals surface area contributed by atoms with E-state index >= 15 is 0 Å². The predicted molar refractivity (Wildman–Crippen MR) is 57.7 cm³/mol. The number of ether oxygens (including phenoxy) is 1. The molecule has 0 amide bonds. The van der Waals surface area contributed by atoms with Crippen molar-refractivity contribution in [2.45, 2.75) is 22.7 Å². The summed E-state index contributed by atoms with van der Waals surface area (Å²) in [5.74, 6) is 0. The summed E-state index contributed by atoms with van der Waals surface area (Å²) in [5.41, 5.74) is 1.35. The molecule has 1 aromatic carbocycles. The molecule has 2 nitrogen and oxygen atoms in total. The number of rotatable bonds is 3. The van der Waals surface area contributed by atoms with Gasteiger partial charge in [-0.2, -0.15) is 0 Å². The summed E-state index contributed by atoms with van der Waals surface area (Å²) in [6, 6.07) is 8.32. The number of aliphatic hydroxyl groups is 1. The Balaban J connectivity index is 2.04. The van der Waals surface area contributed by atoms with Gasteiger partial charge in [0.25, 0.3) is 0 Å². The molecule has 0 aromatic heterocycles. The number of hydrogen-bond acceptors (Lipinski definition) is 3. The Bertz CT molecular complexity index is 289. The predicted octanol–water partition coefficient (Wildman–Crippen LogP) is 1.71. The highest BCUT2D eigenvalue weighted by Crippen LogP contribution is 2.38. The molecule has 2 atom stereocenters.